The van der Waals surface area contributed by atoms with Crippen molar-refractivity contribution in [3.63, 3.8) is 0 Å². The van der Waals surface area contributed by atoms with Crippen LogP contribution in [0.25, 0.3) is 0 Å². The number of nitrogens with one attached hydrogen (secondary N) is 1. The van der Waals surface area contributed by atoms with E-state index in [2.05, 4.69) is 5.32 Å². The molecule has 0 unspecified atom stereocenters. The van der Waals surface area contributed by atoms with Gasteiger partial charge < -0.3 is 45.1 Å². The fourth-order valence-electron chi connectivity index (χ4n) is 2.74. The molecule has 12 nitrogen and oxygen atoms in total. The highest BCUT2D eigenvalue weighted by atomic mass is 16.7. The van der Waals surface area contributed by atoms with E-state index in [1.165, 1.54) is 6.92 Å². The van der Waals surface area contributed by atoms with Gasteiger partial charge in [0.2, 0.25) is 5.91 Å². The third kappa shape index (κ3) is 5.94. The summed E-state index contributed by atoms with van der Waals surface area (Å²) in [5, 5.41) is 51.1. The predicted octanol–water partition coefficient (Wildman–Crippen LogP) is -2.95. The van der Waals surface area contributed by atoms with Crippen LogP contribution in [-0.2, 0) is 28.7 Å². The molecule has 1 heterocycles. The lowest BCUT2D eigenvalue weighted by molar-refractivity contribution is -0.301. The predicted molar refractivity (Wildman–Crippen MR) is 88.6 cm³/mol. The van der Waals surface area contributed by atoms with E-state index in [4.69, 9.17) is 14.6 Å². The Morgan fingerprint density at radius 1 is 1.21 bits per heavy atom. The topological polar surface area (TPSA) is 200 Å². The van der Waals surface area contributed by atoms with Gasteiger partial charge in [0.25, 0.3) is 0 Å². The van der Waals surface area contributed by atoms with Crippen molar-refractivity contribution in [3.05, 3.63) is 0 Å². The molecule has 0 aliphatic carbocycles. The van der Waals surface area contributed by atoms with E-state index in [1.807, 2.05) is 0 Å². The van der Waals surface area contributed by atoms with E-state index in [-0.39, 0.29) is 12.2 Å². The third-order valence-corrected chi connectivity index (χ3v) is 4.15. The first-order chi connectivity index (χ1) is 12.9. The summed E-state index contributed by atoms with van der Waals surface area (Å²) in [6.07, 6.45) is -8.58. The molecule has 0 spiro atoms. The van der Waals surface area contributed by atoms with Crippen molar-refractivity contribution in [1.29, 1.82) is 0 Å². The van der Waals surface area contributed by atoms with E-state index >= 15 is 0 Å². The van der Waals surface area contributed by atoms with Gasteiger partial charge in [-0.2, -0.15) is 0 Å². The van der Waals surface area contributed by atoms with Crippen LogP contribution in [0.4, 0.5) is 0 Å². The maximum absolute atomic E-state index is 11.9. The molecule has 6 atom stereocenters. The second-order valence-corrected chi connectivity index (χ2v) is 6.55. The third-order valence-electron chi connectivity index (χ3n) is 4.15. The van der Waals surface area contributed by atoms with Gasteiger partial charge in [0.15, 0.2) is 0 Å². The monoisotopic (exact) mass is 407 g/mol. The Bertz CT molecular complexity index is 609. The number of aliphatic hydroxyl groups excluding tert-OH is 4. The standard InChI is InChI=1S/C16H25NO11/c1-7(19)3-4-11(23)27-16(15(25)26)5-9(21)12(17-8(2)20)14(28-16)13(24)10(22)6-18/h9-10,12-14,18,21-22,24H,3-6H2,1-2H3,(H,17,20)(H,25,26)/t9-,10+,12+,13+,14+,16-/m0/s1. The van der Waals surface area contributed by atoms with Crippen LogP contribution in [0.15, 0.2) is 0 Å². The number of aliphatic hydroxyl groups is 4. The Balaban J connectivity index is 3.18. The smallest absolute Gasteiger partial charge is 0.377 e. The maximum Gasteiger partial charge on any atom is 0.377 e. The van der Waals surface area contributed by atoms with Crippen molar-refractivity contribution >= 4 is 23.6 Å². The van der Waals surface area contributed by atoms with Crippen molar-refractivity contribution in [1.82, 2.24) is 5.32 Å². The molecular formula is C16H25NO11. The number of carbonyl (C=O) groups excluding carboxylic acids is 3. The Hall–Kier alpha value is -2.12. The first kappa shape index (κ1) is 23.9. The van der Waals surface area contributed by atoms with Gasteiger partial charge in [-0.05, 0) is 6.92 Å². The molecule has 0 saturated carbocycles. The molecule has 1 aliphatic heterocycles. The quantitative estimate of drug-likeness (QED) is 0.213. The van der Waals surface area contributed by atoms with Crippen LogP contribution < -0.4 is 5.32 Å². The number of rotatable bonds is 9. The zero-order chi connectivity index (χ0) is 21.6. The van der Waals surface area contributed by atoms with Crippen molar-refractivity contribution in [3.8, 4) is 0 Å². The van der Waals surface area contributed by atoms with E-state index in [0.29, 0.717) is 0 Å². The molecule has 0 aromatic carbocycles. The summed E-state index contributed by atoms with van der Waals surface area (Å²) in [5.74, 6) is -6.62. The second kappa shape index (κ2) is 9.89. The van der Waals surface area contributed by atoms with Crippen LogP contribution in [0, 0.1) is 0 Å². The molecule has 1 amide bonds. The van der Waals surface area contributed by atoms with Gasteiger partial charge in [-0.25, -0.2) is 4.79 Å². The summed E-state index contributed by atoms with van der Waals surface area (Å²) in [6.45, 7) is 1.39. The molecule has 160 valence electrons. The van der Waals surface area contributed by atoms with Gasteiger partial charge in [0, 0.05) is 13.3 Å². The molecule has 1 fully saturated rings. The van der Waals surface area contributed by atoms with Crippen LogP contribution in [0.2, 0.25) is 0 Å². The summed E-state index contributed by atoms with van der Waals surface area (Å²) in [5.41, 5.74) is 0. The largest absolute Gasteiger partial charge is 0.476 e. The summed E-state index contributed by atoms with van der Waals surface area (Å²) >= 11 is 0. The molecule has 6 N–H and O–H groups in total. The number of carbonyl (C=O) groups is 4. The Kier molecular flexibility index (Phi) is 8.45. The fourth-order valence-corrected chi connectivity index (χ4v) is 2.74. The Labute approximate surface area is 160 Å². The first-order valence-electron chi connectivity index (χ1n) is 8.48. The van der Waals surface area contributed by atoms with Gasteiger partial charge in [0.1, 0.15) is 24.1 Å². The van der Waals surface area contributed by atoms with Crippen molar-refractivity contribution < 1.29 is 54.2 Å². The number of carboxylic acids is 1. The van der Waals surface area contributed by atoms with E-state index in [1.54, 1.807) is 0 Å². The number of carboxylic acid groups (broad SMARTS) is 1. The SMILES string of the molecule is CC(=O)CCC(=O)O[C@@]1(C(=O)O)C[C@H](O)[C@@H](NC(C)=O)[C@H]([C@H](O)[C@H](O)CO)O1. The zero-order valence-electron chi connectivity index (χ0n) is 15.4. The highest BCUT2D eigenvalue weighted by Gasteiger charge is 2.57. The van der Waals surface area contributed by atoms with Crippen LogP contribution in [0.1, 0.15) is 33.1 Å². The minimum Gasteiger partial charge on any atom is -0.476 e. The number of amides is 1. The lowest BCUT2D eigenvalue weighted by atomic mass is 9.88. The molecule has 1 aliphatic rings. The summed E-state index contributed by atoms with van der Waals surface area (Å²) in [4.78, 5) is 46.1. The number of Topliss-reactive ketones (excluding diaryl/α,β-unsaturated/α-hetero) is 1. The number of ketones is 1. The van der Waals surface area contributed by atoms with E-state index in [0.717, 1.165) is 6.92 Å². The van der Waals surface area contributed by atoms with E-state index < -0.39 is 73.5 Å². The van der Waals surface area contributed by atoms with Gasteiger partial charge in [-0.1, -0.05) is 0 Å². The van der Waals surface area contributed by atoms with Gasteiger partial charge >= 0.3 is 17.7 Å². The van der Waals surface area contributed by atoms with Gasteiger partial charge in [-0.15, -0.1) is 0 Å². The summed E-state index contributed by atoms with van der Waals surface area (Å²) in [6, 6.07) is -1.36. The zero-order valence-corrected chi connectivity index (χ0v) is 15.4. The molecule has 1 rings (SSSR count). The van der Waals surface area contributed by atoms with Gasteiger partial charge in [-0.3, -0.25) is 9.59 Å². The molecule has 1 saturated heterocycles. The normalized spacial score (nSPS) is 29.4. The highest BCUT2D eigenvalue weighted by Crippen LogP contribution is 2.34. The fraction of sp³-hybridized carbons (Fsp3) is 0.750. The lowest BCUT2D eigenvalue weighted by Gasteiger charge is -2.46. The average molecular weight is 407 g/mol. The minimum absolute atomic E-state index is 0.207. The molecule has 0 aromatic heterocycles. The van der Waals surface area contributed by atoms with Crippen molar-refractivity contribution in [2.24, 2.45) is 0 Å². The number of aliphatic carboxylic acids is 1. The average Bonchev–Trinajstić information content (AvgIpc) is 2.60. The summed E-state index contributed by atoms with van der Waals surface area (Å²) < 4.78 is 10.1. The molecule has 28 heavy (non-hydrogen) atoms. The summed E-state index contributed by atoms with van der Waals surface area (Å²) in [7, 11) is 0. The number of ether oxygens (including phenoxy) is 2. The number of esters is 1. The number of hydrogen-bond acceptors (Lipinski definition) is 10. The highest BCUT2D eigenvalue weighted by molar-refractivity contribution is 5.84. The first-order valence-corrected chi connectivity index (χ1v) is 8.48. The second-order valence-electron chi connectivity index (χ2n) is 6.55. The Morgan fingerprint density at radius 3 is 2.29 bits per heavy atom. The molecule has 12 heteroatoms. The molecule has 0 radical (unpaired) electrons. The Morgan fingerprint density at radius 2 is 1.82 bits per heavy atom. The van der Waals surface area contributed by atoms with Gasteiger partial charge in [0.05, 0.1) is 31.6 Å². The number of hydrogen-bond donors (Lipinski definition) is 6. The van der Waals surface area contributed by atoms with Crippen molar-refractivity contribution in [2.75, 3.05) is 6.61 Å². The minimum atomic E-state index is -2.73. The lowest BCUT2D eigenvalue weighted by Crippen LogP contribution is -2.68. The van der Waals surface area contributed by atoms with Crippen LogP contribution in [0.5, 0.6) is 0 Å². The molecule has 0 bridgehead atoms. The molecular weight excluding hydrogens is 382 g/mol. The maximum atomic E-state index is 11.9. The van der Waals surface area contributed by atoms with Crippen LogP contribution >= 0.6 is 0 Å². The van der Waals surface area contributed by atoms with E-state index in [9.17, 15) is 39.6 Å². The molecule has 0 aromatic rings. The van der Waals surface area contributed by atoms with Crippen LogP contribution in [-0.4, -0.2) is 92.0 Å². The van der Waals surface area contributed by atoms with Crippen molar-refractivity contribution in [2.45, 2.75) is 69.4 Å². The van der Waals surface area contributed by atoms with Crippen LogP contribution in [0.3, 0.4) is 0 Å².